The Balaban J connectivity index is 1.70. The van der Waals surface area contributed by atoms with Gasteiger partial charge in [-0.25, -0.2) is 4.98 Å². The van der Waals surface area contributed by atoms with Gasteiger partial charge >= 0.3 is 0 Å². The van der Waals surface area contributed by atoms with E-state index in [0.29, 0.717) is 18.2 Å². The fourth-order valence-electron chi connectivity index (χ4n) is 2.07. The Labute approximate surface area is 124 Å². The molecule has 1 heterocycles. The molecule has 1 aliphatic rings. The van der Waals surface area contributed by atoms with E-state index < -0.39 is 0 Å². The third-order valence-corrected chi connectivity index (χ3v) is 3.59. The smallest absolute Gasteiger partial charge is 0.226 e. The Morgan fingerprint density at radius 3 is 2.62 bits per heavy atom. The molecule has 1 fully saturated rings. The van der Waals surface area contributed by atoms with Crippen LogP contribution in [0.3, 0.4) is 0 Å². The van der Waals surface area contributed by atoms with Crippen molar-refractivity contribution < 1.29 is 9.59 Å². The van der Waals surface area contributed by atoms with E-state index in [1.54, 1.807) is 6.20 Å². The average Bonchev–Trinajstić information content (AvgIpc) is 3.16. The molecule has 2 amide bonds. The molecule has 2 N–H and O–H groups in total. The number of carbonyl (C=O) groups is 2. The number of anilines is 2. The van der Waals surface area contributed by atoms with Gasteiger partial charge in [0.1, 0.15) is 5.82 Å². The van der Waals surface area contributed by atoms with Gasteiger partial charge in [0.2, 0.25) is 11.8 Å². The van der Waals surface area contributed by atoms with Crippen LogP contribution in [-0.4, -0.2) is 37.4 Å². The normalized spacial score (nSPS) is 19.8. The molecule has 6 nitrogen and oxygen atoms in total. The predicted molar refractivity (Wildman–Crippen MR) is 82.1 cm³/mol. The number of amides is 2. The van der Waals surface area contributed by atoms with Crippen molar-refractivity contribution in [3.8, 4) is 0 Å². The van der Waals surface area contributed by atoms with Crippen LogP contribution in [0.1, 0.15) is 19.8 Å². The lowest BCUT2D eigenvalue weighted by molar-refractivity contribution is -0.122. The number of nitrogens with one attached hydrogen (secondary N) is 2. The molecule has 1 saturated carbocycles. The first-order valence-electron chi connectivity index (χ1n) is 7.18. The SMILES string of the molecule is C[C@H]1C[C@@H]1C(=O)NCCC(=O)Nc1ccc(N(C)C)nc1. The van der Waals surface area contributed by atoms with Crippen LogP contribution < -0.4 is 15.5 Å². The van der Waals surface area contributed by atoms with Crippen molar-refractivity contribution >= 4 is 23.3 Å². The lowest BCUT2D eigenvalue weighted by atomic mass is 10.3. The molecule has 0 saturated heterocycles. The number of aromatic nitrogens is 1. The van der Waals surface area contributed by atoms with Gasteiger partial charge in [0.25, 0.3) is 0 Å². The van der Waals surface area contributed by atoms with Crippen molar-refractivity contribution in [2.24, 2.45) is 11.8 Å². The molecule has 0 spiro atoms. The van der Waals surface area contributed by atoms with E-state index in [1.807, 2.05) is 31.1 Å². The summed E-state index contributed by atoms with van der Waals surface area (Å²) in [6, 6.07) is 3.65. The molecule has 0 aromatic carbocycles. The molecular formula is C15H22N4O2. The molecule has 0 bridgehead atoms. The number of pyridine rings is 1. The van der Waals surface area contributed by atoms with Crippen LogP contribution in [-0.2, 0) is 9.59 Å². The van der Waals surface area contributed by atoms with Crippen molar-refractivity contribution in [1.82, 2.24) is 10.3 Å². The number of nitrogens with zero attached hydrogens (tertiary/aromatic N) is 2. The van der Waals surface area contributed by atoms with Gasteiger partial charge in [0.05, 0.1) is 11.9 Å². The molecule has 2 rings (SSSR count). The van der Waals surface area contributed by atoms with Gasteiger partial charge in [0, 0.05) is 33.0 Å². The highest BCUT2D eigenvalue weighted by Crippen LogP contribution is 2.37. The predicted octanol–water partition coefficient (Wildman–Crippen LogP) is 1.25. The van der Waals surface area contributed by atoms with Crippen molar-refractivity contribution in [2.75, 3.05) is 30.9 Å². The number of carbonyl (C=O) groups excluding carboxylic acids is 2. The van der Waals surface area contributed by atoms with Crippen molar-refractivity contribution in [3.63, 3.8) is 0 Å². The van der Waals surface area contributed by atoms with Crippen LogP contribution in [0, 0.1) is 11.8 Å². The largest absolute Gasteiger partial charge is 0.363 e. The van der Waals surface area contributed by atoms with E-state index in [-0.39, 0.29) is 24.2 Å². The Kier molecular flexibility index (Phi) is 4.77. The van der Waals surface area contributed by atoms with E-state index >= 15 is 0 Å². The van der Waals surface area contributed by atoms with E-state index in [9.17, 15) is 9.59 Å². The van der Waals surface area contributed by atoms with Crippen LogP contribution in [0.2, 0.25) is 0 Å². The zero-order chi connectivity index (χ0) is 15.4. The summed E-state index contributed by atoms with van der Waals surface area (Å²) < 4.78 is 0. The minimum atomic E-state index is -0.126. The summed E-state index contributed by atoms with van der Waals surface area (Å²) in [5, 5.41) is 5.56. The number of rotatable bonds is 6. The second-order valence-corrected chi connectivity index (χ2v) is 5.71. The Hall–Kier alpha value is -2.11. The summed E-state index contributed by atoms with van der Waals surface area (Å²) in [7, 11) is 3.81. The highest BCUT2D eigenvalue weighted by atomic mass is 16.2. The second kappa shape index (κ2) is 6.56. The van der Waals surface area contributed by atoms with Crippen LogP contribution in [0.4, 0.5) is 11.5 Å². The van der Waals surface area contributed by atoms with E-state index in [4.69, 9.17) is 0 Å². The van der Waals surface area contributed by atoms with Gasteiger partial charge in [0.15, 0.2) is 0 Å². The van der Waals surface area contributed by atoms with E-state index in [1.165, 1.54) is 0 Å². The van der Waals surface area contributed by atoms with Gasteiger partial charge in [-0.1, -0.05) is 6.92 Å². The second-order valence-electron chi connectivity index (χ2n) is 5.71. The molecule has 0 radical (unpaired) electrons. The third kappa shape index (κ3) is 4.44. The zero-order valence-electron chi connectivity index (χ0n) is 12.7. The number of hydrogen-bond donors (Lipinski definition) is 2. The molecule has 6 heteroatoms. The van der Waals surface area contributed by atoms with Crippen molar-refractivity contribution in [2.45, 2.75) is 19.8 Å². The highest BCUT2D eigenvalue weighted by Gasteiger charge is 2.38. The lowest BCUT2D eigenvalue weighted by Crippen LogP contribution is -2.29. The van der Waals surface area contributed by atoms with Crippen LogP contribution in [0.25, 0.3) is 0 Å². The van der Waals surface area contributed by atoms with Crippen LogP contribution in [0.15, 0.2) is 18.3 Å². The van der Waals surface area contributed by atoms with Gasteiger partial charge < -0.3 is 15.5 Å². The first-order valence-corrected chi connectivity index (χ1v) is 7.18. The lowest BCUT2D eigenvalue weighted by Gasteiger charge is -2.11. The van der Waals surface area contributed by atoms with E-state index in [2.05, 4.69) is 22.5 Å². The first-order chi connectivity index (χ1) is 9.97. The van der Waals surface area contributed by atoms with Gasteiger partial charge in [-0.3, -0.25) is 9.59 Å². The summed E-state index contributed by atoms with van der Waals surface area (Å²) in [6.07, 6.45) is 2.85. The fourth-order valence-corrected chi connectivity index (χ4v) is 2.07. The summed E-state index contributed by atoms with van der Waals surface area (Å²) >= 11 is 0. The molecule has 0 aliphatic heterocycles. The molecule has 21 heavy (non-hydrogen) atoms. The van der Waals surface area contributed by atoms with Gasteiger partial charge in [-0.05, 0) is 24.5 Å². The molecule has 0 unspecified atom stereocenters. The molecule has 114 valence electrons. The van der Waals surface area contributed by atoms with E-state index in [0.717, 1.165) is 12.2 Å². The molecule has 1 aromatic rings. The van der Waals surface area contributed by atoms with Crippen molar-refractivity contribution in [1.29, 1.82) is 0 Å². The zero-order valence-corrected chi connectivity index (χ0v) is 12.7. The molecule has 2 atom stereocenters. The topological polar surface area (TPSA) is 74.3 Å². The molecule has 1 aliphatic carbocycles. The molecular weight excluding hydrogens is 268 g/mol. The maximum atomic E-state index is 11.8. The van der Waals surface area contributed by atoms with Crippen LogP contribution in [0.5, 0.6) is 0 Å². The van der Waals surface area contributed by atoms with Gasteiger partial charge in [-0.2, -0.15) is 0 Å². The van der Waals surface area contributed by atoms with Gasteiger partial charge in [-0.15, -0.1) is 0 Å². The highest BCUT2D eigenvalue weighted by molar-refractivity contribution is 5.91. The Morgan fingerprint density at radius 2 is 2.10 bits per heavy atom. The fraction of sp³-hybridized carbons (Fsp3) is 0.533. The maximum Gasteiger partial charge on any atom is 0.226 e. The minimum absolute atomic E-state index is 0.0623. The Bertz CT molecular complexity index is 513. The minimum Gasteiger partial charge on any atom is -0.363 e. The standard InChI is InChI=1S/C15H22N4O2/c1-10-8-12(10)15(21)16-7-6-14(20)18-11-4-5-13(17-9-11)19(2)3/h4-5,9-10,12H,6-8H2,1-3H3,(H,16,21)(H,18,20)/t10-,12-/m0/s1. The average molecular weight is 290 g/mol. The summed E-state index contributed by atoms with van der Waals surface area (Å²) in [5.74, 6) is 1.40. The quantitative estimate of drug-likeness (QED) is 0.827. The Morgan fingerprint density at radius 1 is 1.38 bits per heavy atom. The first kappa shape index (κ1) is 15.3. The number of hydrogen-bond acceptors (Lipinski definition) is 4. The van der Waals surface area contributed by atoms with Crippen molar-refractivity contribution in [3.05, 3.63) is 18.3 Å². The van der Waals surface area contributed by atoms with Crippen LogP contribution >= 0.6 is 0 Å². The monoisotopic (exact) mass is 290 g/mol. The summed E-state index contributed by atoms with van der Waals surface area (Å²) in [5.41, 5.74) is 0.660. The maximum absolute atomic E-state index is 11.8. The molecule has 1 aromatic heterocycles. The summed E-state index contributed by atoms with van der Waals surface area (Å²) in [4.78, 5) is 29.5. The summed E-state index contributed by atoms with van der Waals surface area (Å²) in [6.45, 7) is 2.43. The third-order valence-electron chi connectivity index (χ3n) is 3.59.